The smallest absolute Gasteiger partial charge is 0.360 e. The van der Waals surface area contributed by atoms with E-state index in [-0.39, 0.29) is 17.9 Å². The summed E-state index contributed by atoms with van der Waals surface area (Å²) >= 11 is 0. The molecule has 0 aliphatic rings. The molecule has 6 nitrogen and oxygen atoms in total. The molecular weight excluding hydrogens is 375 g/mol. The summed E-state index contributed by atoms with van der Waals surface area (Å²) in [7, 11) is 2.61. The van der Waals surface area contributed by atoms with Crippen LogP contribution in [-0.4, -0.2) is 31.6 Å². The number of hydrogen-bond acceptors (Lipinski definition) is 6. The first-order valence-electron chi connectivity index (χ1n) is 8.69. The molecule has 0 atom stereocenters. The number of aryl methyl sites for hydroxylation is 1. The van der Waals surface area contributed by atoms with Gasteiger partial charge in [0.2, 0.25) is 0 Å². The number of carbonyl (C=O) groups is 1. The summed E-state index contributed by atoms with van der Waals surface area (Å²) in [6.45, 7) is 3.60. The van der Waals surface area contributed by atoms with Crippen LogP contribution in [-0.2, 0) is 25.8 Å². The summed E-state index contributed by atoms with van der Waals surface area (Å²) in [6.07, 6.45) is 0. The summed E-state index contributed by atoms with van der Waals surface area (Å²) in [6, 6.07) is 11.6. The molecule has 7 heteroatoms. The van der Waals surface area contributed by atoms with Crippen LogP contribution in [0.25, 0.3) is 0 Å². The number of esters is 1. The number of oxime groups is 2. The predicted octanol–water partition coefficient (Wildman–Crippen LogP) is 3.60. The van der Waals surface area contributed by atoms with Crippen LogP contribution in [0.3, 0.4) is 0 Å². The quantitative estimate of drug-likeness (QED) is 0.324. The summed E-state index contributed by atoms with van der Waals surface area (Å²) < 4.78 is 18.4. The Kier molecular flexibility index (Phi) is 7.92. The van der Waals surface area contributed by atoms with Gasteiger partial charge in [-0.15, -0.1) is 0 Å². The lowest BCUT2D eigenvalue weighted by atomic mass is 9.99. The fourth-order valence-corrected chi connectivity index (χ4v) is 2.44. The highest BCUT2D eigenvalue weighted by molar-refractivity contribution is 6.43. The van der Waals surface area contributed by atoms with Gasteiger partial charge >= 0.3 is 5.97 Å². The molecule has 29 heavy (non-hydrogen) atoms. The Morgan fingerprint density at radius 2 is 1.86 bits per heavy atom. The van der Waals surface area contributed by atoms with E-state index in [4.69, 9.17) is 14.4 Å². The van der Waals surface area contributed by atoms with E-state index in [1.165, 1.54) is 20.3 Å². The van der Waals surface area contributed by atoms with Crippen molar-refractivity contribution in [1.29, 1.82) is 0 Å². The van der Waals surface area contributed by atoms with Crippen molar-refractivity contribution in [3.63, 3.8) is 0 Å². The molecule has 150 valence electrons. The maximum atomic E-state index is 13.6. The van der Waals surface area contributed by atoms with E-state index in [9.17, 15) is 9.18 Å². The normalized spacial score (nSPS) is 11.3. The van der Waals surface area contributed by atoms with Crippen molar-refractivity contribution < 1.29 is 23.6 Å². The first-order chi connectivity index (χ1) is 14.0. The maximum Gasteiger partial charge on any atom is 0.360 e. The minimum absolute atomic E-state index is 0.0253. The highest BCUT2D eigenvalue weighted by atomic mass is 19.1. The minimum atomic E-state index is -0.630. The molecule has 0 heterocycles. The van der Waals surface area contributed by atoms with Crippen LogP contribution in [0, 0.1) is 24.6 Å². The van der Waals surface area contributed by atoms with Crippen LogP contribution >= 0.6 is 0 Å². The van der Waals surface area contributed by atoms with Gasteiger partial charge in [-0.3, -0.25) is 0 Å². The Hall–Kier alpha value is -3.66. The number of hydrogen-bond donors (Lipinski definition) is 0. The highest BCUT2D eigenvalue weighted by Gasteiger charge is 2.20. The molecule has 0 fully saturated rings. The van der Waals surface area contributed by atoms with Crippen molar-refractivity contribution in [2.45, 2.75) is 20.5 Å². The van der Waals surface area contributed by atoms with Gasteiger partial charge in [-0.25, -0.2) is 9.18 Å². The van der Waals surface area contributed by atoms with E-state index in [1.54, 1.807) is 37.3 Å². The second-order valence-corrected chi connectivity index (χ2v) is 5.90. The summed E-state index contributed by atoms with van der Waals surface area (Å²) in [5.74, 6) is 4.42. The highest BCUT2D eigenvalue weighted by Crippen LogP contribution is 2.18. The van der Waals surface area contributed by atoms with E-state index >= 15 is 0 Å². The first-order valence-corrected chi connectivity index (χ1v) is 8.69. The summed E-state index contributed by atoms with van der Waals surface area (Å²) in [5, 5.41) is 7.72. The Labute approximate surface area is 169 Å². The lowest BCUT2D eigenvalue weighted by Crippen LogP contribution is -2.20. The number of nitrogens with zero attached hydrogens (tertiary/aromatic N) is 2. The Morgan fingerprint density at radius 1 is 1.10 bits per heavy atom. The van der Waals surface area contributed by atoms with Crippen molar-refractivity contribution >= 4 is 17.4 Å². The molecule has 0 unspecified atom stereocenters. The van der Waals surface area contributed by atoms with E-state index in [0.717, 1.165) is 5.56 Å². The average molecular weight is 396 g/mol. The van der Waals surface area contributed by atoms with Crippen molar-refractivity contribution in [2.75, 3.05) is 14.2 Å². The monoisotopic (exact) mass is 396 g/mol. The zero-order chi connectivity index (χ0) is 21.2. The van der Waals surface area contributed by atoms with Gasteiger partial charge in [0.25, 0.3) is 0 Å². The first kappa shape index (κ1) is 21.6. The fourth-order valence-electron chi connectivity index (χ4n) is 2.44. The molecule has 0 radical (unpaired) electrons. The van der Waals surface area contributed by atoms with Crippen molar-refractivity contribution in [3.8, 4) is 11.8 Å². The molecule has 2 rings (SSSR count). The summed E-state index contributed by atoms with van der Waals surface area (Å²) in [4.78, 5) is 22.2. The van der Waals surface area contributed by atoms with Gasteiger partial charge in [0.1, 0.15) is 25.2 Å². The third kappa shape index (κ3) is 5.91. The van der Waals surface area contributed by atoms with Gasteiger partial charge < -0.3 is 14.4 Å². The third-order valence-electron chi connectivity index (χ3n) is 3.89. The molecule has 0 amide bonds. The fraction of sp³-hybridized carbons (Fsp3) is 0.227. The molecular formula is C22H21FN2O4. The van der Waals surface area contributed by atoms with Gasteiger partial charge in [-0.2, -0.15) is 0 Å². The molecule has 0 aliphatic carbocycles. The largest absolute Gasteiger partial charge is 0.464 e. The molecule has 2 aromatic carbocycles. The lowest BCUT2D eigenvalue weighted by Gasteiger charge is -2.12. The number of halogens is 1. The Balaban J connectivity index is 2.21. The van der Waals surface area contributed by atoms with Crippen LogP contribution in [0.15, 0.2) is 52.8 Å². The molecule has 0 aromatic heterocycles. The number of methoxy groups -OCH3 is 1. The predicted molar refractivity (Wildman–Crippen MR) is 108 cm³/mol. The zero-order valence-electron chi connectivity index (χ0n) is 16.7. The maximum absolute atomic E-state index is 13.6. The van der Waals surface area contributed by atoms with Crippen LogP contribution < -0.4 is 0 Å². The third-order valence-corrected chi connectivity index (χ3v) is 3.89. The second-order valence-electron chi connectivity index (χ2n) is 5.90. The van der Waals surface area contributed by atoms with Gasteiger partial charge in [-0.1, -0.05) is 46.6 Å². The van der Waals surface area contributed by atoms with Crippen molar-refractivity contribution in [1.82, 2.24) is 0 Å². The standard InChI is InChI=1S/C22H21FN2O4/c1-15-8-7-10-18(21(25-28-4)22(26)27-3)19(15)14-29-24-16(2)12-13-17-9-5-6-11-20(17)23/h5-11H,14H2,1-4H3/b24-16+,25-21+. The molecule has 0 bridgehead atoms. The number of carbonyl (C=O) groups excluding carboxylic acids is 1. The number of ether oxygens (including phenoxy) is 1. The Morgan fingerprint density at radius 3 is 2.55 bits per heavy atom. The molecule has 0 saturated heterocycles. The summed E-state index contributed by atoms with van der Waals surface area (Å²) in [5.41, 5.74) is 2.78. The molecule has 0 spiro atoms. The van der Waals surface area contributed by atoms with Crippen LogP contribution in [0.5, 0.6) is 0 Å². The van der Waals surface area contributed by atoms with Crippen molar-refractivity contribution in [2.24, 2.45) is 10.3 Å². The van der Waals surface area contributed by atoms with Crippen LogP contribution in [0.2, 0.25) is 0 Å². The van der Waals surface area contributed by atoms with E-state index in [2.05, 4.69) is 22.2 Å². The molecule has 0 saturated carbocycles. The zero-order valence-corrected chi connectivity index (χ0v) is 16.7. The van der Waals surface area contributed by atoms with Gasteiger partial charge in [-0.05, 0) is 37.5 Å². The topological polar surface area (TPSA) is 69.5 Å². The number of rotatable bonds is 6. The van der Waals surface area contributed by atoms with Gasteiger partial charge in [0.15, 0.2) is 5.71 Å². The van der Waals surface area contributed by atoms with E-state index in [1.807, 2.05) is 13.0 Å². The van der Waals surface area contributed by atoms with Gasteiger partial charge in [0, 0.05) is 11.1 Å². The average Bonchev–Trinajstić information content (AvgIpc) is 2.72. The SMILES string of the molecule is CO/N=C(/C(=O)OC)c1cccc(C)c1CO/N=C(\C)C#Cc1ccccc1F. The number of benzene rings is 2. The lowest BCUT2D eigenvalue weighted by molar-refractivity contribution is -0.132. The van der Waals surface area contributed by atoms with E-state index < -0.39 is 11.8 Å². The van der Waals surface area contributed by atoms with E-state index in [0.29, 0.717) is 16.8 Å². The minimum Gasteiger partial charge on any atom is -0.464 e. The second kappa shape index (κ2) is 10.6. The molecule has 0 N–H and O–H groups in total. The molecule has 0 aliphatic heterocycles. The molecule has 2 aromatic rings. The van der Waals surface area contributed by atoms with Crippen LogP contribution in [0.1, 0.15) is 29.2 Å². The van der Waals surface area contributed by atoms with Crippen LogP contribution in [0.4, 0.5) is 4.39 Å². The Bertz CT molecular complexity index is 1000. The van der Waals surface area contributed by atoms with Crippen molar-refractivity contribution in [3.05, 3.63) is 70.5 Å². The van der Waals surface area contributed by atoms with Gasteiger partial charge in [0.05, 0.1) is 12.7 Å².